The first-order chi connectivity index (χ1) is 16.2. The van der Waals surface area contributed by atoms with E-state index in [1.54, 1.807) is 0 Å². The fraction of sp³-hybridized carbons (Fsp3) is 0. The predicted molar refractivity (Wildman–Crippen MR) is 108 cm³/mol. The van der Waals surface area contributed by atoms with Crippen LogP contribution in [0.4, 0.5) is 0 Å². The summed E-state index contributed by atoms with van der Waals surface area (Å²) in [5.41, 5.74) is 0. The standard InChI is InChI=1S/3H5O10P3/c3*1-11(2,3)9-13(7,8)10-12(4,5)6/h3*(H,7,8)(H2,1,2,3)(H2,4,5,6). The maximum atomic E-state index is 10.4. The topological polar surface area (TPSA) is 512 Å². The molecule has 0 aliphatic carbocycles. The van der Waals surface area contributed by atoms with Crippen molar-refractivity contribution in [1.29, 1.82) is 0 Å². The second-order valence-corrected chi connectivity index (χ2v) is 17.5. The molecule has 0 amide bonds. The van der Waals surface area contributed by atoms with E-state index in [-0.39, 0.29) is 0 Å². The number of hydrogen-bond donors (Lipinski definition) is 15. The van der Waals surface area contributed by atoms with E-state index in [0.29, 0.717) is 0 Å². The van der Waals surface area contributed by atoms with Gasteiger partial charge < -0.3 is 73.4 Å². The quantitative estimate of drug-likeness (QED) is 0.0946. The van der Waals surface area contributed by atoms with E-state index < -0.39 is 70.4 Å². The monoisotopic (exact) mass is 774 g/mol. The number of hydrogen-bond acceptors (Lipinski definition) is 15. The molecule has 0 aliphatic rings. The van der Waals surface area contributed by atoms with Crippen molar-refractivity contribution >= 4 is 70.4 Å². The molecule has 0 heterocycles. The Balaban J connectivity index is -0.000000498. The van der Waals surface area contributed by atoms with Crippen LogP contribution in [-0.4, -0.2) is 73.4 Å². The summed E-state index contributed by atoms with van der Waals surface area (Å²) in [4.78, 5) is 121. The molecule has 0 radical (unpaired) electrons. The lowest BCUT2D eigenvalue weighted by Crippen LogP contribution is -1.92. The third-order valence-electron chi connectivity index (χ3n) is 1.26. The first-order valence-electron chi connectivity index (χ1n) is 6.83. The van der Waals surface area contributed by atoms with Gasteiger partial charge in [0.05, 0.1) is 0 Å². The van der Waals surface area contributed by atoms with Crippen molar-refractivity contribution in [2.75, 3.05) is 0 Å². The van der Waals surface area contributed by atoms with Gasteiger partial charge in [0, 0.05) is 0 Å². The summed E-state index contributed by atoms with van der Waals surface area (Å²) in [6.45, 7) is 0. The number of rotatable bonds is 12. The number of phosphoric acid groups is 9. The van der Waals surface area contributed by atoms with Crippen LogP contribution in [0.3, 0.4) is 0 Å². The van der Waals surface area contributed by atoms with Crippen molar-refractivity contribution < 1.29 is 140 Å². The lowest BCUT2D eigenvalue weighted by Gasteiger charge is -2.12. The fourth-order valence-electron chi connectivity index (χ4n) is 0.851. The van der Waals surface area contributed by atoms with Crippen LogP contribution in [0.15, 0.2) is 0 Å². The smallest absolute Gasteiger partial charge is 0.302 e. The summed E-state index contributed by atoms with van der Waals surface area (Å²) < 4.78 is 109. The van der Waals surface area contributed by atoms with Crippen molar-refractivity contribution in [3.63, 3.8) is 0 Å². The van der Waals surface area contributed by atoms with Crippen LogP contribution in [0.25, 0.3) is 0 Å². The third-order valence-corrected chi connectivity index (χ3v) is 11.3. The normalized spacial score (nSPS) is 14.5. The molecule has 0 aromatic carbocycles. The highest BCUT2D eigenvalue weighted by molar-refractivity contribution is 7.67. The molecule has 0 aliphatic heterocycles. The van der Waals surface area contributed by atoms with Gasteiger partial charge >= 0.3 is 70.4 Å². The Kier molecular flexibility index (Phi) is 17.5. The second-order valence-electron chi connectivity index (χ2n) is 4.84. The first kappa shape index (κ1) is 44.7. The fourth-order valence-corrected chi connectivity index (χ4v) is 8.47. The van der Waals surface area contributed by atoms with E-state index in [0.717, 1.165) is 0 Å². The molecule has 30 nitrogen and oxygen atoms in total. The van der Waals surface area contributed by atoms with E-state index in [2.05, 4.69) is 25.9 Å². The molecule has 15 N–H and O–H groups in total. The lowest BCUT2D eigenvalue weighted by atomic mass is 15.7. The maximum Gasteiger partial charge on any atom is 0.490 e. The molecule has 0 spiro atoms. The molecule has 0 atom stereocenters. The molecular formula is H15O30P9. The first-order valence-corrected chi connectivity index (χ1v) is 20.5. The molecule has 0 aromatic rings. The summed E-state index contributed by atoms with van der Waals surface area (Å²) in [5, 5.41) is 0. The summed E-state index contributed by atoms with van der Waals surface area (Å²) >= 11 is 0. The Bertz CT molecular complexity index is 969. The average Bonchev–Trinajstić information content (AvgIpc) is 2.28. The Morgan fingerprint density at radius 1 is 0.231 bits per heavy atom. The Labute approximate surface area is 211 Å². The maximum absolute atomic E-state index is 10.4. The average molecular weight is 774 g/mol. The highest BCUT2D eigenvalue weighted by Gasteiger charge is 2.40. The van der Waals surface area contributed by atoms with Gasteiger partial charge in [-0.1, -0.05) is 0 Å². The molecule has 39 heavy (non-hydrogen) atoms. The van der Waals surface area contributed by atoms with Crippen LogP contribution < -0.4 is 0 Å². The van der Waals surface area contributed by atoms with Gasteiger partial charge in [0.2, 0.25) is 0 Å². The van der Waals surface area contributed by atoms with Gasteiger partial charge in [-0.25, -0.2) is 41.1 Å². The summed E-state index contributed by atoms with van der Waals surface area (Å²) in [7, 11) is -48.5. The molecule has 39 heteroatoms. The third kappa shape index (κ3) is 39.2. The Morgan fingerprint density at radius 2 is 0.308 bits per heavy atom. The van der Waals surface area contributed by atoms with E-state index in [1.165, 1.54) is 0 Å². The minimum atomic E-state index is -5.46. The largest absolute Gasteiger partial charge is 0.490 e. The van der Waals surface area contributed by atoms with Gasteiger partial charge in [-0.05, 0) is 0 Å². The van der Waals surface area contributed by atoms with Crippen molar-refractivity contribution in [3.8, 4) is 0 Å². The van der Waals surface area contributed by atoms with Gasteiger partial charge in [0.1, 0.15) is 0 Å². The Hall–Kier alpha value is 1.23. The molecular weight excluding hydrogens is 759 g/mol. The van der Waals surface area contributed by atoms with Crippen LogP contribution >= 0.6 is 70.4 Å². The molecule has 0 saturated heterocycles. The highest BCUT2D eigenvalue weighted by Crippen LogP contribution is 2.66. The van der Waals surface area contributed by atoms with E-state index in [1.807, 2.05) is 0 Å². The van der Waals surface area contributed by atoms with Crippen LogP contribution in [-0.2, 0) is 66.9 Å². The Morgan fingerprint density at radius 3 is 0.359 bits per heavy atom. The molecule has 0 aromatic heterocycles. The predicted octanol–water partition coefficient (Wildman–Crippen LogP) is -2.08. The molecule has 0 fully saturated rings. The van der Waals surface area contributed by atoms with Crippen LogP contribution in [0.1, 0.15) is 0 Å². The second kappa shape index (κ2) is 15.3. The summed E-state index contributed by atoms with van der Waals surface area (Å²) in [6, 6.07) is 0. The zero-order chi connectivity index (χ0) is 32.7. The minimum Gasteiger partial charge on any atom is -0.302 e. The van der Waals surface area contributed by atoms with Gasteiger partial charge in [0.15, 0.2) is 0 Å². The molecule has 0 bridgehead atoms. The van der Waals surface area contributed by atoms with E-state index in [9.17, 15) is 41.1 Å². The molecule has 0 rings (SSSR count). The summed E-state index contributed by atoms with van der Waals surface area (Å²) in [5.74, 6) is 0. The zero-order valence-corrected chi connectivity index (χ0v) is 24.9. The summed E-state index contributed by atoms with van der Waals surface area (Å²) in [6.07, 6.45) is 0. The van der Waals surface area contributed by atoms with Crippen molar-refractivity contribution in [3.05, 3.63) is 0 Å². The van der Waals surface area contributed by atoms with Crippen molar-refractivity contribution in [2.45, 2.75) is 0 Å². The zero-order valence-electron chi connectivity index (χ0n) is 16.9. The molecule has 0 unspecified atom stereocenters. The van der Waals surface area contributed by atoms with Gasteiger partial charge in [-0.3, -0.25) is 0 Å². The van der Waals surface area contributed by atoms with Crippen LogP contribution in [0, 0.1) is 0 Å². The van der Waals surface area contributed by atoms with Gasteiger partial charge in [-0.15, -0.1) is 0 Å². The lowest BCUT2D eigenvalue weighted by molar-refractivity contribution is 0.198. The van der Waals surface area contributed by atoms with E-state index >= 15 is 0 Å². The van der Waals surface area contributed by atoms with Crippen molar-refractivity contribution in [2.24, 2.45) is 0 Å². The molecule has 240 valence electrons. The van der Waals surface area contributed by atoms with E-state index in [4.69, 9.17) is 73.4 Å². The van der Waals surface area contributed by atoms with Crippen molar-refractivity contribution in [1.82, 2.24) is 0 Å². The molecule has 0 saturated carbocycles. The highest BCUT2D eigenvalue weighted by atomic mass is 31.3. The van der Waals surface area contributed by atoms with Crippen LogP contribution in [0.2, 0.25) is 0 Å². The minimum absolute atomic E-state index is 3.06. The van der Waals surface area contributed by atoms with Gasteiger partial charge in [0.25, 0.3) is 0 Å². The van der Waals surface area contributed by atoms with Crippen LogP contribution in [0.5, 0.6) is 0 Å². The van der Waals surface area contributed by atoms with Gasteiger partial charge in [-0.2, -0.15) is 25.9 Å². The SMILES string of the molecule is O=P(O)(O)OP(=O)(O)OP(=O)(O)O.O=P(O)(O)OP(=O)(O)OP(=O)(O)O.O=P(O)(O)OP(=O)(O)OP(=O)(O)O.